The lowest BCUT2D eigenvalue weighted by Gasteiger charge is -2.43. The topological polar surface area (TPSA) is 66.4 Å². The van der Waals surface area contributed by atoms with E-state index < -0.39 is 21.5 Å². The molecule has 2 aromatic carbocycles. The largest absolute Gasteiger partial charge is 0.396 e. The molecule has 26 heavy (non-hydrogen) atoms. The summed E-state index contributed by atoms with van der Waals surface area (Å²) in [5.74, 6) is 0. The summed E-state index contributed by atoms with van der Waals surface area (Å²) in [6.45, 7) is 5.87. The highest BCUT2D eigenvalue weighted by molar-refractivity contribution is 7.89. The van der Waals surface area contributed by atoms with Gasteiger partial charge in [0.2, 0.25) is 10.0 Å². The lowest BCUT2D eigenvalue weighted by molar-refractivity contribution is 0.167. The lowest BCUT2D eigenvalue weighted by Crippen LogP contribution is -2.43. The summed E-state index contributed by atoms with van der Waals surface area (Å²) in [5.41, 5.74) is 2.59. The SMILES string of the molecule is C=C[C@@]1(CCO)CCc2ccccc2[C@H]1NS(=O)(=O)c1ccc(C)cc1. The predicted octanol–water partition coefficient (Wildman–Crippen LogP) is 3.52. The molecular weight excluding hydrogens is 346 g/mol. The maximum Gasteiger partial charge on any atom is 0.241 e. The van der Waals surface area contributed by atoms with Gasteiger partial charge in [0.25, 0.3) is 0 Å². The van der Waals surface area contributed by atoms with Crippen molar-refractivity contribution >= 4 is 10.0 Å². The predicted molar refractivity (Wildman–Crippen MR) is 103 cm³/mol. The van der Waals surface area contributed by atoms with E-state index in [1.54, 1.807) is 24.3 Å². The van der Waals surface area contributed by atoms with Gasteiger partial charge in [-0.25, -0.2) is 13.1 Å². The number of aryl methyl sites for hydroxylation is 2. The third kappa shape index (κ3) is 3.47. The first-order valence-corrected chi connectivity index (χ1v) is 10.3. The van der Waals surface area contributed by atoms with E-state index in [2.05, 4.69) is 11.3 Å². The molecule has 1 aliphatic carbocycles. The van der Waals surface area contributed by atoms with Gasteiger partial charge in [0.15, 0.2) is 0 Å². The average Bonchev–Trinajstić information content (AvgIpc) is 2.64. The highest BCUT2D eigenvalue weighted by Gasteiger charge is 2.42. The van der Waals surface area contributed by atoms with Crippen molar-refractivity contribution in [3.63, 3.8) is 0 Å². The first kappa shape index (κ1) is 18.8. The van der Waals surface area contributed by atoms with E-state index in [1.165, 1.54) is 0 Å². The molecule has 0 heterocycles. The Hall–Kier alpha value is -1.95. The smallest absolute Gasteiger partial charge is 0.241 e. The molecule has 0 unspecified atom stereocenters. The molecule has 3 rings (SSSR count). The van der Waals surface area contributed by atoms with Gasteiger partial charge in [0.1, 0.15) is 0 Å². The standard InChI is InChI=1S/C21H25NO3S/c1-3-21(14-15-23)13-12-17-6-4-5-7-19(17)20(21)22-26(24,25)18-10-8-16(2)9-11-18/h3-11,20,22-23H,1,12-15H2,2H3/t20-,21+/m1/s1. The summed E-state index contributed by atoms with van der Waals surface area (Å²) >= 11 is 0. The number of hydrogen-bond acceptors (Lipinski definition) is 3. The van der Waals surface area contributed by atoms with Crippen LogP contribution >= 0.6 is 0 Å². The number of sulfonamides is 1. The molecule has 0 saturated heterocycles. The third-order valence-corrected chi connectivity index (χ3v) is 6.83. The van der Waals surface area contributed by atoms with Crippen LogP contribution in [-0.2, 0) is 16.4 Å². The van der Waals surface area contributed by atoms with Crippen molar-refractivity contribution in [2.75, 3.05) is 6.61 Å². The van der Waals surface area contributed by atoms with Gasteiger partial charge in [-0.1, -0.05) is 48.0 Å². The van der Waals surface area contributed by atoms with E-state index in [0.717, 1.165) is 29.5 Å². The Morgan fingerprint density at radius 3 is 2.58 bits per heavy atom. The Balaban J connectivity index is 2.05. The zero-order chi connectivity index (χ0) is 18.8. The molecule has 1 aliphatic rings. The van der Waals surface area contributed by atoms with Gasteiger partial charge in [-0.2, -0.15) is 0 Å². The Kier molecular flexibility index (Phi) is 5.32. The monoisotopic (exact) mass is 371 g/mol. The minimum Gasteiger partial charge on any atom is -0.396 e. The summed E-state index contributed by atoms with van der Waals surface area (Å²) in [6.07, 6.45) is 3.85. The van der Waals surface area contributed by atoms with E-state index in [1.807, 2.05) is 37.3 Å². The third-order valence-electron chi connectivity index (χ3n) is 5.39. The van der Waals surface area contributed by atoms with Crippen molar-refractivity contribution in [2.45, 2.75) is 37.1 Å². The van der Waals surface area contributed by atoms with Gasteiger partial charge in [-0.3, -0.25) is 0 Å². The first-order chi connectivity index (χ1) is 12.4. The van der Waals surface area contributed by atoms with Crippen LogP contribution in [0.1, 0.15) is 35.6 Å². The number of rotatable bonds is 6. The molecule has 0 saturated carbocycles. The normalized spacial score (nSPS) is 22.6. The molecular formula is C21H25NO3S. The first-order valence-electron chi connectivity index (χ1n) is 8.83. The molecule has 4 nitrogen and oxygen atoms in total. The van der Waals surface area contributed by atoms with E-state index in [4.69, 9.17) is 0 Å². The number of fused-ring (bicyclic) bond motifs is 1. The Morgan fingerprint density at radius 2 is 1.92 bits per heavy atom. The molecule has 2 N–H and O–H groups in total. The van der Waals surface area contributed by atoms with Gasteiger partial charge < -0.3 is 5.11 Å². The molecule has 0 radical (unpaired) electrons. The van der Waals surface area contributed by atoms with Crippen molar-refractivity contribution in [2.24, 2.45) is 5.41 Å². The van der Waals surface area contributed by atoms with Gasteiger partial charge >= 0.3 is 0 Å². The molecule has 0 spiro atoms. The molecule has 2 aromatic rings. The minimum absolute atomic E-state index is 0.0169. The second-order valence-corrected chi connectivity index (χ2v) is 8.69. The van der Waals surface area contributed by atoms with Crippen molar-refractivity contribution in [3.05, 3.63) is 77.9 Å². The molecule has 0 bridgehead atoms. The van der Waals surface area contributed by atoms with Crippen LogP contribution < -0.4 is 4.72 Å². The maximum absolute atomic E-state index is 13.0. The highest BCUT2D eigenvalue weighted by Crippen LogP contribution is 2.47. The summed E-state index contributed by atoms with van der Waals surface area (Å²) < 4.78 is 28.9. The maximum atomic E-state index is 13.0. The van der Waals surface area contributed by atoms with E-state index in [-0.39, 0.29) is 11.5 Å². The highest BCUT2D eigenvalue weighted by atomic mass is 32.2. The average molecular weight is 372 g/mol. The molecule has 2 atom stereocenters. The minimum atomic E-state index is -3.70. The number of aliphatic hydroxyl groups is 1. The number of benzene rings is 2. The molecule has 0 aromatic heterocycles. The molecule has 138 valence electrons. The van der Waals surface area contributed by atoms with Crippen molar-refractivity contribution in [3.8, 4) is 0 Å². The summed E-state index contributed by atoms with van der Waals surface area (Å²) in [4.78, 5) is 0.244. The second-order valence-electron chi connectivity index (χ2n) is 6.98. The summed E-state index contributed by atoms with van der Waals surface area (Å²) in [7, 11) is -3.70. The van der Waals surface area contributed by atoms with Crippen molar-refractivity contribution in [1.29, 1.82) is 0 Å². The van der Waals surface area contributed by atoms with Crippen molar-refractivity contribution in [1.82, 2.24) is 4.72 Å². The summed E-state index contributed by atoms with van der Waals surface area (Å²) in [6, 6.07) is 14.3. The van der Waals surface area contributed by atoms with Crippen LogP contribution in [0, 0.1) is 12.3 Å². The number of aliphatic hydroxyl groups excluding tert-OH is 1. The van der Waals surface area contributed by atoms with Gasteiger partial charge in [0, 0.05) is 12.0 Å². The zero-order valence-electron chi connectivity index (χ0n) is 15.0. The fraction of sp³-hybridized carbons (Fsp3) is 0.333. The van der Waals surface area contributed by atoms with Crippen LogP contribution in [0.25, 0.3) is 0 Å². The van der Waals surface area contributed by atoms with Crippen LogP contribution in [0.5, 0.6) is 0 Å². The Morgan fingerprint density at radius 1 is 1.23 bits per heavy atom. The van der Waals surface area contributed by atoms with E-state index in [9.17, 15) is 13.5 Å². The quantitative estimate of drug-likeness (QED) is 0.764. The molecule has 0 aliphatic heterocycles. The molecule has 5 heteroatoms. The zero-order valence-corrected chi connectivity index (χ0v) is 15.8. The number of hydrogen-bond donors (Lipinski definition) is 2. The van der Waals surface area contributed by atoms with Crippen LogP contribution in [0.4, 0.5) is 0 Å². The lowest BCUT2D eigenvalue weighted by atomic mass is 9.66. The van der Waals surface area contributed by atoms with Crippen LogP contribution in [0.2, 0.25) is 0 Å². The molecule has 0 amide bonds. The van der Waals surface area contributed by atoms with Gasteiger partial charge in [-0.15, -0.1) is 6.58 Å². The van der Waals surface area contributed by atoms with E-state index >= 15 is 0 Å². The Labute approximate surface area is 155 Å². The number of nitrogens with one attached hydrogen (secondary N) is 1. The fourth-order valence-corrected chi connectivity index (χ4v) is 5.09. The van der Waals surface area contributed by atoms with Crippen LogP contribution in [-0.4, -0.2) is 20.1 Å². The summed E-state index contributed by atoms with van der Waals surface area (Å²) in [5, 5.41) is 9.60. The van der Waals surface area contributed by atoms with Gasteiger partial charge in [-0.05, 0) is 49.4 Å². The second kappa shape index (κ2) is 7.35. The van der Waals surface area contributed by atoms with E-state index in [0.29, 0.717) is 6.42 Å². The fourth-order valence-electron chi connectivity index (χ4n) is 3.79. The van der Waals surface area contributed by atoms with Crippen LogP contribution in [0.3, 0.4) is 0 Å². The Bertz CT molecular complexity index is 890. The van der Waals surface area contributed by atoms with Crippen LogP contribution in [0.15, 0.2) is 66.1 Å². The van der Waals surface area contributed by atoms with Gasteiger partial charge in [0.05, 0.1) is 10.9 Å². The molecule has 0 fully saturated rings. The van der Waals surface area contributed by atoms with Crippen molar-refractivity contribution < 1.29 is 13.5 Å².